The van der Waals surface area contributed by atoms with Crippen LogP contribution in [-0.4, -0.2) is 30.4 Å². The summed E-state index contributed by atoms with van der Waals surface area (Å²) in [4.78, 5) is 13.9. The minimum atomic E-state index is 0.301. The van der Waals surface area contributed by atoms with E-state index in [0.717, 1.165) is 26.2 Å². The molecule has 1 N–H and O–H groups in total. The Morgan fingerprint density at radius 1 is 1.16 bits per heavy atom. The number of amides is 1. The number of piperidine rings is 1. The average molecular weight is 372 g/mol. The van der Waals surface area contributed by atoms with E-state index in [1.54, 1.807) is 0 Å². The number of halogens is 1. The van der Waals surface area contributed by atoms with Crippen molar-refractivity contribution in [3.05, 3.63) is 33.4 Å². The van der Waals surface area contributed by atoms with Gasteiger partial charge in [0.25, 0.3) is 0 Å². The van der Waals surface area contributed by atoms with E-state index in [2.05, 4.69) is 52.2 Å². The van der Waals surface area contributed by atoms with Gasteiger partial charge in [0.15, 0.2) is 0 Å². The van der Waals surface area contributed by atoms with Crippen LogP contribution in [0.1, 0.15) is 31.2 Å². The van der Waals surface area contributed by atoms with Gasteiger partial charge < -0.3 is 10.2 Å². The summed E-state index contributed by atoms with van der Waals surface area (Å²) in [7, 11) is 0. The van der Waals surface area contributed by atoms with Gasteiger partial charge in [-0.2, -0.15) is 0 Å². The number of likely N-dealkylation sites (tertiary alicyclic amines) is 1. The van der Waals surface area contributed by atoms with E-state index in [-0.39, 0.29) is 0 Å². The van der Waals surface area contributed by atoms with Gasteiger partial charge in [0, 0.05) is 36.2 Å². The molecule has 0 atom stereocenters. The number of rotatable bonds is 5. The summed E-state index contributed by atoms with van der Waals surface area (Å²) >= 11 is 2.30. The van der Waals surface area contributed by atoms with Crippen LogP contribution in [0.25, 0.3) is 0 Å². The normalized spacial score (nSPS) is 15.5. The van der Waals surface area contributed by atoms with Crippen molar-refractivity contribution in [1.82, 2.24) is 10.2 Å². The Bertz CT molecular complexity index is 399. The van der Waals surface area contributed by atoms with Gasteiger partial charge in [-0.25, -0.2) is 0 Å². The van der Waals surface area contributed by atoms with Crippen LogP contribution in [0.3, 0.4) is 0 Å². The number of nitrogens with one attached hydrogen (secondary N) is 1. The molecular weight excluding hydrogens is 351 g/mol. The van der Waals surface area contributed by atoms with Crippen molar-refractivity contribution >= 4 is 28.5 Å². The van der Waals surface area contributed by atoms with E-state index in [1.165, 1.54) is 28.4 Å². The Morgan fingerprint density at radius 2 is 1.84 bits per heavy atom. The van der Waals surface area contributed by atoms with Crippen molar-refractivity contribution in [2.45, 2.75) is 32.2 Å². The number of benzene rings is 1. The molecule has 0 saturated carbocycles. The summed E-state index contributed by atoms with van der Waals surface area (Å²) in [6.45, 7) is 3.51. The van der Waals surface area contributed by atoms with Gasteiger partial charge in [0.1, 0.15) is 0 Å². The molecule has 4 heteroatoms. The molecule has 1 aromatic rings. The lowest BCUT2D eigenvalue weighted by atomic mass is 10.1. The van der Waals surface area contributed by atoms with Crippen molar-refractivity contribution in [3.63, 3.8) is 0 Å². The van der Waals surface area contributed by atoms with Crippen LogP contribution in [0, 0.1) is 3.57 Å². The van der Waals surface area contributed by atoms with E-state index in [1.807, 2.05) is 4.90 Å². The Balaban J connectivity index is 1.63. The molecule has 2 rings (SSSR count). The number of hydrogen-bond acceptors (Lipinski definition) is 2. The van der Waals surface area contributed by atoms with Crippen LogP contribution in [0.2, 0.25) is 0 Å². The summed E-state index contributed by atoms with van der Waals surface area (Å²) in [5.41, 5.74) is 1.27. The SMILES string of the molecule is O=C(CCNCc1ccc(I)cc1)N1CCCCC1. The number of carbonyl (C=O) groups excluding carboxylic acids is 1. The molecule has 104 valence electrons. The van der Waals surface area contributed by atoms with Gasteiger partial charge in [-0.05, 0) is 59.5 Å². The molecule has 1 heterocycles. The van der Waals surface area contributed by atoms with Crippen molar-refractivity contribution < 1.29 is 4.79 Å². The summed E-state index contributed by atoms with van der Waals surface area (Å²) in [5, 5.41) is 3.34. The molecule has 3 nitrogen and oxygen atoms in total. The highest BCUT2D eigenvalue weighted by molar-refractivity contribution is 14.1. The zero-order valence-electron chi connectivity index (χ0n) is 11.2. The molecule has 1 fully saturated rings. The number of nitrogens with zero attached hydrogens (tertiary/aromatic N) is 1. The molecule has 1 aliphatic heterocycles. The second-order valence-corrected chi connectivity index (χ2v) is 6.24. The standard InChI is InChI=1S/C15H21IN2O/c16-14-6-4-13(5-7-14)12-17-9-8-15(19)18-10-2-1-3-11-18/h4-7,17H,1-3,8-12H2. The lowest BCUT2D eigenvalue weighted by Gasteiger charge is -2.26. The molecule has 1 aliphatic rings. The maximum atomic E-state index is 11.9. The second-order valence-electron chi connectivity index (χ2n) is 4.99. The third kappa shape index (κ3) is 5.10. The van der Waals surface area contributed by atoms with E-state index in [4.69, 9.17) is 0 Å². The van der Waals surface area contributed by atoms with Crippen LogP contribution in [-0.2, 0) is 11.3 Å². The Hall–Kier alpha value is -0.620. The maximum Gasteiger partial charge on any atom is 0.223 e. The second kappa shape index (κ2) is 7.85. The van der Waals surface area contributed by atoms with Crippen LogP contribution >= 0.6 is 22.6 Å². The van der Waals surface area contributed by atoms with Crippen molar-refractivity contribution in [1.29, 1.82) is 0 Å². The lowest BCUT2D eigenvalue weighted by Crippen LogP contribution is -2.37. The smallest absolute Gasteiger partial charge is 0.223 e. The quantitative estimate of drug-likeness (QED) is 0.637. The molecule has 0 spiro atoms. The first-order chi connectivity index (χ1) is 9.25. The molecule has 0 aliphatic carbocycles. The van der Waals surface area contributed by atoms with Gasteiger partial charge in [-0.1, -0.05) is 12.1 Å². The molecule has 1 aromatic carbocycles. The van der Waals surface area contributed by atoms with Gasteiger partial charge in [0.2, 0.25) is 5.91 Å². The largest absolute Gasteiger partial charge is 0.343 e. The van der Waals surface area contributed by atoms with Crippen LogP contribution in [0.4, 0.5) is 0 Å². The van der Waals surface area contributed by atoms with Crippen LogP contribution < -0.4 is 5.32 Å². The first-order valence-electron chi connectivity index (χ1n) is 6.98. The molecular formula is C15H21IN2O. The summed E-state index contributed by atoms with van der Waals surface area (Å²) in [6, 6.07) is 8.47. The number of hydrogen-bond donors (Lipinski definition) is 1. The minimum Gasteiger partial charge on any atom is -0.343 e. The fraction of sp³-hybridized carbons (Fsp3) is 0.533. The third-order valence-electron chi connectivity index (χ3n) is 3.47. The first-order valence-corrected chi connectivity index (χ1v) is 8.06. The number of carbonyl (C=O) groups is 1. The fourth-order valence-corrected chi connectivity index (χ4v) is 2.69. The average Bonchev–Trinajstić information content (AvgIpc) is 2.46. The lowest BCUT2D eigenvalue weighted by molar-refractivity contribution is -0.131. The first kappa shape index (κ1) is 14.8. The molecule has 0 unspecified atom stereocenters. The predicted molar refractivity (Wildman–Crippen MR) is 85.9 cm³/mol. The highest BCUT2D eigenvalue weighted by Crippen LogP contribution is 2.10. The van der Waals surface area contributed by atoms with Gasteiger partial charge in [0.05, 0.1) is 0 Å². The van der Waals surface area contributed by atoms with Crippen molar-refractivity contribution in [2.24, 2.45) is 0 Å². The Labute approximate surface area is 128 Å². The predicted octanol–water partition coefficient (Wildman–Crippen LogP) is 2.78. The Kier molecular flexibility index (Phi) is 6.10. The van der Waals surface area contributed by atoms with Crippen LogP contribution in [0.15, 0.2) is 24.3 Å². The highest BCUT2D eigenvalue weighted by atomic mass is 127. The zero-order valence-corrected chi connectivity index (χ0v) is 13.4. The molecule has 0 bridgehead atoms. The molecule has 0 aromatic heterocycles. The molecule has 19 heavy (non-hydrogen) atoms. The minimum absolute atomic E-state index is 0.301. The van der Waals surface area contributed by atoms with Gasteiger partial charge in [-0.3, -0.25) is 4.79 Å². The van der Waals surface area contributed by atoms with E-state index in [0.29, 0.717) is 12.3 Å². The Morgan fingerprint density at radius 3 is 2.53 bits per heavy atom. The van der Waals surface area contributed by atoms with E-state index < -0.39 is 0 Å². The highest BCUT2D eigenvalue weighted by Gasteiger charge is 2.15. The van der Waals surface area contributed by atoms with Crippen LogP contribution in [0.5, 0.6) is 0 Å². The van der Waals surface area contributed by atoms with Crippen molar-refractivity contribution in [3.8, 4) is 0 Å². The molecule has 1 saturated heterocycles. The molecule has 0 radical (unpaired) electrons. The monoisotopic (exact) mass is 372 g/mol. The van der Waals surface area contributed by atoms with E-state index in [9.17, 15) is 4.79 Å². The van der Waals surface area contributed by atoms with E-state index >= 15 is 0 Å². The summed E-state index contributed by atoms with van der Waals surface area (Å²) in [6.07, 6.45) is 4.23. The molecule has 1 amide bonds. The summed E-state index contributed by atoms with van der Waals surface area (Å²) in [5.74, 6) is 0.301. The third-order valence-corrected chi connectivity index (χ3v) is 4.19. The van der Waals surface area contributed by atoms with Gasteiger partial charge >= 0.3 is 0 Å². The summed E-state index contributed by atoms with van der Waals surface area (Å²) < 4.78 is 1.25. The maximum absolute atomic E-state index is 11.9. The van der Waals surface area contributed by atoms with Gasteiger partial charge in [-0.15, -0.1) is 0 Å². The van der Waals surface area contributed by atoms with Crippen molar-refractivity contribution in [2.75, 3.05) is 19.6 Å². The topological polar surface area (TPSA) is 32.3 Å². The fourth-order valence-electron chi connectivity index (χ4n) is 2.33. The zero-order chi connectivity index (χ0) is 13.5.